The van der Waals surface area contributed by atoms with Crippen LogP contribution in [0.1, 0.15) is 31.4 Å². The number of carbonyl (C=O) groups excluding carboxylic acids is 1. The van der Waals surface area contributed by atoms with Crippen molar-refractivity contribution in [2.24, 2.45) is 0 Å². The van der Waals surface area contributed by atoms with E-state index in [-0.39, 0.29) is 5.91 Å². The molecule has 2 aromatic rings. The van der Waals surface area contributed by atoms with E-state index in [1.165, 1.54) is 11.1 Å². The minimum absolute atomic E-state index is 0.202. The molecule has 0 unspecified atom stereocenters. The molecule has 0 saturated carbocycles. The molecule has 6 heteroatoms. The van der Waals surface area contributed by atoms with Crippen LogP contribution in [-0.4, -0.2) is 66.4 Å². The highest BCUT2D eigenvalue weighted by molar-refractivity contribution is 9.10. The fourth-order valence-corrected chi connectivity index (χ4v) is 4.41. The quantitative estimate of drug-likeness (QED) is 0.654. The molecule has 0 fully saturated rings. The molecule has 5 nitrogen and oxygen atoms in total. The van der Waals surface area contributed by atoms with Crippen LogP contribution in [0, 0.1) is 0 Å². The Kier molecular flexibility index (Phi) is 9.37. The molecule has 0 radical (unpaired) electrons. The highest BCUT2D eigenvalue weighted by atomic mass is 79.9. The normalized spacial score (nSPS) is 15.8. The van der Waals surface area contributed by atoms with Crippen molar-refractivity contribution in [2.45, 2.75) is 33.4 Å². The Morgan fingerprint density at radius 3 is 2.58 bits per heavy atom. The van der Waals surface area contributed by atoms with Gasteiger partial charge in [-0.25, -0.2) is 0 Å². The van der Waals surface area contributed by atoms with E-state index in [0.29, 0.717) is 13.1 Å². The standard InChI is InChI=1S/C25H35BrN4O/c1-3-28(4-2)20-25(31)30-16-15-29(18-21-9-6-5-7-10-21)14-8-13-27-24-12-11-23(26)17-22(24)19-30/h5-7,9-12,17,27H,3-4,8,13-16,18-20H2,1-2H3. The molecule has 1 aliphatic rings. The molecule has 0 aromatic heterocycles. The van der Waals surface area contributed by atoms with Crippen molar-refractivity contribution in [3.63, 3.8) is 0 Å². The molecule has 168 valence electrons. The third-order valence-electron chi connectivity index (χ3n) is 5.94. The maximum atomic E-state index is 13.3. The molecular formula is C25H35BrN4O. The van der Waals surface area contributed by atoms with Crippen molar-refractivity contribution in [1.29, 1.82) is 0 Å². The van der Waals surface area contributed by atoms with E-state index in [0.717, 1.165) is 62.4 Å². The van der Waals surface area contributed by atoms with Crippen LogP contribution in [0.3, 0.4) is 0 Å². The van der Waals surface area contributed by atoms with Crippen LogP contribution in [0.2, 0.25) is 0 Å². The number of halogens is 1. The van der Waals surface area contributed by atoms with Crippen LogP contribution in [0.5, 0.6) is 0 Å². The van der Waals surface area contributed by atoms with E-state index in [4.69, 9.17) is 0 Å². The van der Waals surface area contributed by atoms with Crippen LogP contribution in [0.15, 0.2) is 53.0 Å². The molecule has 0 spiro atoms. The molecule has 1 N–H and O–H groups in total. The number of hydrogen-bond donors (Lipinski definition) is 1. The highest BCUT2D eigenvalue weighted by Gasteiger charge is 2.20. The number of anilines is 1. The summed E-state index contributed by atoms with van der Waals surface area (Å²) < 4.78 is 1.05. The SMILES string of the molecule is CCN(CC)CC(=O)N1CCN(Cc2ccccc2)CCCNc2ccc(Br)cc2C1. The topological polar surface area (TPSA) is 38.8 Å². The van der Waals surface area contributed by atoms with Crippen LogP contribution >= 0.6 is 15.9 Å². The second kappa shape index (κ2) is 12.2. The van der Waals surface area contributed by atoms with E-state index in [9.17, 15) is 4.79 Å². The minimum Gasteiger partial charge on any atom is -0.385 e. The number of likely N-dealkylation sites (N-methyl/N-ethyl adjacent to an activating group) is 1. The van der Waals surface area contributed by atoms with Crippen LogP contribution < -0.4 is 5.32 Å². The third kappa shape index (κ3) is 7.34. The fraction of sp³-hybridized carbons (Fsp3) is 0.480. The number of hydrogen-bond acceptors (Lipinski definition) is 4. The molecule has 0 saturated heterocycles. The van der Waals surface area contributed by atoms with Gasteiger partial charge in [0.1, 0.15) is 0 Å². The predicted molar refractivity (Wildman–Crippen MR) is 132 cm³/mol. The third-order valence-corrected chi connectivity index (χ3v) is 6.43. The van der Waals surface area contributed by atoms with Gasteiger partial charge in [0.15, 0.2) is 0 Å². The molecule has 1 aliphatic heterocycles. The second-order valence-corrected chi connectivity index (χ2v) is 9.04. The number of benzene rings is 2. The van der Waals surface area contributed by atoms with Gasteiger partial charge >= 0.3 is 0 Å². The maximum Gasteiger partial charge on any atom is 0.237 e. The Balaban J connectivity index is 1.79. The van der Waals surface area contributed by atoms with Crippen molar-refractivity contribution in [1.82, 2.24) is 14.7 Å². The van der Waals surface area contributed by atoms with Gasteiger partial charge in [-0.3, -0.25) is 14.6 Å². The molecule has 1 heterocycles. The Morgan fingerprint density at radius 2 is 1.84 bits per heavy atom. The van der Waals surface area contributed by atoms with Crippen LogP contribution in [0.4, 0.5) is 5.69 Å². The number of carbonyl (C=O) groups is 1. The van der Waals surface area contributed by atoms with Crippen molar-refractivity contribution in [2.75, 3.05) is 51.1 Å². The lowest BCUT2D eigenvalue weighted by Crippen LogP contribution is -2.43. The first-order valence-electron chi connectivity index (χ1n) is 11.4. The smallest absolute Gasteiger partial charge is 0.237 e. The van der Waals surface area contributed by atoms with E-state index in [1.807, 2.05) is 4.90 Å². The van der Waals surface area contributed by atoms with E-state index in [1.54, 1.807) is 0 Å². The lowest BCUT2D eigenvalue weighted by atomic mass is 10.1. The van der Waals surface area contributed by atoms with Gasteiger partial charge < -0.3 is 10.2 Å². The summed E-state index contributed by atoms with van der Waals surface area (Å²) in [4.78, 5) is 20.0. The zero-order valence-electron chi connectivity index (χ0n) is 18.8. The van der Waals surface area contributed by atoms with Gasteiger partial charge in [0.25, 0.3) is 0 Å². The number of rotatable bonds is 6. The number of fused-ring (bicyclic) bond motifs is 1. The monoisotopic (exact) mass is 486 g/mol. The first-order chi connectivity index (χ1) is 15.1. The summed E-state index contributed by atoms with van der Waals surface area (Å²) in [5.74, 6) is 0.202. The van der Waals surface area contributed by atoms with Gasteiger partial charge in [-0.05, 0) is 48.8 Å². The second-order valence-electron chi connectivity index (χ2n) is 8.12. The van der Waals surface area contributed by atoms with Gasteiger partial charge in [-0.1, -0.05) is 60.1 Å². The van der Waals surface area contributed by atoms with Gasteiger partial charge in [0, 0.05) is 49.4 Å². The highest BCUT2D eigenvalue weighted by Crippen LogP contribution is 2.23. The van der Waals surface area contributed by atoms with Crippen molar-refractivity contribution in [3.8, 4) is 0 Å². The number of nitrogens with one attached hydrogen (secondary N) is 1. The Labute approximate surface area is 195 Å². The van der Waals surface area contributed by atoms with E-state index >= 15 is 0 Å². The summed E-state index contributed by atoms with van der Waals surface area (Å²) in [7, 11) is 0. The molecule has 1 amide bonds. The molecule has 0 bridgehead atoms. The van der Waals surface area contributed by atoms with E-state index in [2.05, 4.69) is 93.4 Å². The average Bonchev–Trinajstić information content (AvgIpc) is 2.82. The fourth-order valence-electron chi connectivity index (χ4n) is 4.00. The average molecular weight is 487 g/mol. The van der Waals surface area contributed by atoms with Gasteiger partial charge in [0.05, 0.1) is 6.54 Å². The lowest BCUT2D eigenvalue weighted by Gasteiger charge is -2.29. The lowest BCUT2D eigenvalue weighted by molar-refractivity contribution is -0.133. The molecule has 31 heavy (non-hydrogen) atoms. The summed E-state index contributed by atoms with van der Waals surface area (Å²) in [6.07, 6.45) is 1.07. The largest absolute Gasteiger partial charge is 0.385 e. The molecule has 0 aliphatic carbocycles. The molecule has 0 atom stereocenters. The van der Waals surface area contributed by atoms with Crippen molar-refractivity contribution < 1.29 is 4.79 Å². The number of nitrogens with zero attached hydrogens (tertiary/aromatic N) is 3. The Bertz CT molecular complexity index is 826. The summed E-state index contributed by atoms with van der Waals surface area (Å²) in [5.41, 5.74) is 3.61. The Hall–Kier alpha value is -1.89. The summed E-state index contributed by atoms with van der Waals surface area (Å²) in [5, 5.41) is 3.60. The van der Waals surface area contributed by atoms with Gasteiger partial charge in [0.2, 0.25) is 5.91 Å². The predicted octanol–water partition coefficient (Wildman–Crippen LogP) is 4.44. The Morgan fingerprint density at radius 1 is 1.06 bits per heavy atom. The van der Waals surface area contributed by atoms with Crippen LogP contribution in [-0.2, 0) is 17.9 Å². The van der Waals surface area contributed by atoms with Crippen LogP contribution in [0.25, 0.3) is 0 Å². The minimum atomic E-state index is 0.202. The van der Waals surface area contributed by atoms with Gasteiger partial charge in [-0.15, -0.1) is 0 Å². The maximum absolute atomic E-state index is 13.3. The molecular weight excluding hydrogens is 452 g/mol. The number of amides is 1. The summed E-state index contributed by atoms with van der Waals surface area (Å²) in [6, 6.07) is 16.9. The van der Waals surface area contributed by atoms with Crippen molar-refractivity contribution in [3.05, 3.63) is 64.1 Å². The molecule has 3 rings (SSSR count). The van der Waals surface area contributed by atoms with E-state index < -0.39 is 0 Å². The van der Waals surface area contributed by atoms with Crippen molar-refractivity contribution >= 4 is 27.5 Å². The summed E-state index contributed by atoms with van der Waals surface area (Å²) >= 11 is 3.60. The first-order valence-corrected chi connectivity index (χ1v) is 12.2. The zero-order valence-corrected chi connectivity index (χ0v) is 20.4. The summed E-state index contributed by atoms with van der Waals surface area (Å²) in [6.45, 7) is 11.6. The zero-order chi connectivity index (χ0) is 22.1. The molecule has 2 aromatic carbocycles. The first kappa shape index (κ1) is 23.8. The van der Waals surface area contributed by atoms with Gasteiger partial charge in [-0.2, -0.15) is 0 Å².